The standard InChI is InChI=1S/C27H24F3N3O4/c1-5-17-8-6-10-20(12-17)32-24(34)19-9-7-11-21(15-19)36-23-14-18(13-22(33-23)27(28,29)30)16-31-25(35)37-26(2,3)4/h1,6-15H,16H2,2-4H3,(H,31,35)(H,32,34). The monoisotopic (exact) mass is 511 g/mol. The molecule has 0 aliphatic heterocycles. The average molecular weight is 512 g/mol. The topological polar surface area (TPSA) is 89.6 Å². The van der Waals surface area contributed by atoms with Crippen LogP contribution >= 0.6 is 0 Å². The van der Waals surface area contributed by atoms with Crippen LogP contribution in [-0.4, -0.2) is 22.6 Å². The Morgan fingerprint density at radius 1 is 1.03 bits per heavy atom. The summed E-state index contributed by atoms with van der Waals surface area (Å²) in [6.07, 6.45) is -0.163. The van der Waals surface area contributed by atoms with Crippen LogP contribution in [0.5, 0.6) is 11.6 Å². The molecule has 7 nitrogen and oxygen atoms in total. The number of alkyl carbamates (subject to hydrolysis) is 1. The third kappa shape index (κ3) is 8.28. The summed E-state index contributed by atoms with van der Waals surface area (Å²) in [7, 11) is 0. The lowest BCUT2D eigenvalue weighted by Gasteiger charge is -2.20. The van der Waals surface area contributed by atoms with Crippen molar-refractivity contribution in [3.8, 4) is 24.0 Å². The van der Waals surface area contributed by atoms with Crippen molar-refractivity contribution >= 4 is 17.7 Å². The van der Waals surface area contributed by atoms with Gasteiger partial charge in [-0.2, -0.15) is 13.2 Å². The first-order chi connectivity index (χ1) is 17.3. The molecule has 0 atom stereocenters. The Kier molecular flexibility index (Phi) is 8.07. The summed E-state index contributed by atoms with van der Waals surface area (Å²) in [5, 5.41) is 5.10. The molecule has 10 heteroatoms. The van der Waals surface area contributed by atoms with E-state index in [0.717, 1.165) is 6.07 Å². The molecule has 1 heterocycles. The molecule has 0 aliphatic carbocycles. The molecular formula is C27H24F3N3O4. The molecule has 0 bridgehead atoms. The summed E-state index contributed by atoms with van der Waals surface area (Å²) < 4.78 is 51.0. The van der Waals surface area contributed by atoms with Crippen molar-refractivity contribution in [1.82, 2.24) is 10.3 Å². The number of hydrogen-bond donors (Lipinski definition) is 2. The molecule has 0 aliphatic rings. The first-order valence-corrected chi connectivity index (χ1v) is 11.0. The number of ether oxygens (including phenoxy) is 2. The second kappa shape index (κ2) is 11.0. The molecule has 37 heavy (non-hydrogen) atoms. The van der Waals surface area contributed by atoms with Gasteiger partial charge in [-0.25, -0.2) is 9.78 Å². The van der Waals surface area contributed by atoms with Crippen LogP contribution in [0.1, 0.15) is 48.0 Å². The predicted molar refractivity (Wildman–Crippen MR) is 131 cm³/mol. The highest BCUT2D eigenvalue weighted by Crippen LogP contribution is 2.31. The molecule has 2 N–H and O–H groups in total. The molecule has 3 aromatic rings. The summed E-state index contributed by atoms with van der Waals surface area (Å²) in [6, 6.07) is 14.6. The number of amides is 2. The number of rotatable bonds is 6. The van der Waals surface area contributed by atoms with Gasteiger partial charge in [-0.3, -0.25) is 4.79 Å². The van der Waals surface area contributed by atoms with Gasteiger partial charge >= 0.3 is 12.3 Å². The van der Waals surface area contributed by atoms with Crippen molar-refractivity contribution in [2.75, 3.05) is 5.32 Å². The number of halogens is 3. The largest absolute Gasteiger partial charge is 0.444 e. The Morgan fingerprint density at radius 3 is 2.43 bits per heavy atom. The lowest BCUT2D eigenvalue weighted by Crippen LogP contribution is -2.32. The van der Waals surface area contributed by atoms with E-state index in [1.165, 1.54) is 30.3 Å². The molecule has 2 amide bonds. The Hall–Kier alpha value is -4.52. The molecular weight excluding hydrogens is 487 g/mol. The van der Waals surface area contributed by atoms with Gasteiger partial charge < -0.3 is 20.1 Å². The van der Waals surface area contributed by atoms with E-state index in [1.807, 2.05) is 0 Å². The first-order valence-electron chi connectivity index (χ1n) is 11.0. The van der Waals surface area contributed by atoms with Gasteiger partial charge in [0.25, 0.3) is 5.91 Å². The molecule has 0 saturated carbocycles. The third-order valence-corrected chi connectivity index (χ3v) is 4.59. The molecule has 1 aromatic heterocycles. The fourth-order valence-corrected chi connectivity index (χ4v) is 3.06. The van der Waals surface area contributed by atoms with E-state index in [4.69, 9.17) is 15.9 Å². The molecule has 0 radical (unpaired) electrons. The van der Waals surface area contributed by atoms with E-state index in [0.29, 0.717) is 11.3 Å². The van der Waals surface area contributed by atoms with Crippen LogP contribution in [0.3, 0.4) is 0 Å². The van der Waals surface area contributed by atoms with Crippen LogP contribution in [-0.2, 0) is 17.5 Å². The minimum absolute atomic E-state index is 0.0860. The van der Waals surface area contributed by atoms with Crippen molar-refractivity contribution in [3.05, 3.63) is 83.0 Å². The van der Waals surface area contributed by atoms with Crippen LogP contribution in [0.25, 0.3) is 0 Å². The van der Waals surface area contributed by atoms with Crippen LogP contribution in [0.4, 0.5) is 23.7 Å². The summed E-state index contributed by atoms with van der Waals surface area (Å²) in [6.45, 7) is 4.73. The van der Waals surface area contributed by atoms with Gasteiger partial charge in [0.05, 0.1) is 0 Å². The number of pyridine rings is 1. The smallest absolute Gasteiger partial charge is 0.433 e. The number of benzene rings is 2. The third-order valence-electron chi connectivity index (χ3n) is 4.59. The minimum atomic E-state index is -4.76. The Morgan fingerprint density at radius 2 is 1.76 bits per heavy atom. The highest BCUT2D eigenvalue weighted by molar-refractivity contribution is 6.04. The number of hydrogen-bond acceptors (Lipinski definition) is 5. The van der Waals surface area contributed by atoms with Gasteiger partial charge in [-0.15, -0.1) is 6.42 Å². The van der Waals surface area contributed by atoms with Gasteiger partial charge in [-0.05, 0) is 68.8 Å². The molecule has 0 spiro atoms. The number of nitrogens with one attached hydrogen (secondary N) is 2. The molecule has 3 rings (SSSR count). The summed E-state index contributed by atoms with van der Waals surface area (Å²) >= 11 is 0. The average Bonchev–Trinajstić information content (AvgIpc) is 2.81. The Labute approximate surface area is 212 Å². The van der Waals surface area contributed by atoms with Crippen molar-refractivity contribution < 1.29 is 32.2 Å². The Bertz CT molecular complexity index is 1340. The fourth-order valence-electron chi connectivity index (χ4n) is 3.06. The van der Waals surface area contributed by atoms with Gasteiger partial charge in [0.1, 0.15) is 17.0 Å². The fraction of sp³-hybridized carbons (Fsp3) is 0.222. The molecule has 0 saturated heterocycles. The minimum Gasteiger partial charge on any atom is -0.444 e. The zero-order valence-corrected chi connectivity index (χ0v) is 20.3. The van der Waals surface area contributed by atoms with Crippen LogP contribution in [0.15, 0.2) is 60.7 Å². The van der Waals surface area contributed by atoms with E-state index in [2.05, 4.69) is 21.5 Å². The van der Waals surface area contributed by atoms with Crippen molar-refractivity contribution in [3.63, 3.8) is 0 Å². The number of anilines is 1. The van der Waals surface area contributed by atoms with Crippen molar-refractivity contribution in [2.24, 2.45) is 0 Å². The predicted octanol–water partition coefficient (Wildman–Crippen LogP) is 6.15. The van der Waals surface area contributed by atoms with E-state index in [-0.39, 0.29) is 29.3 Å². The van der Waals surface area contributed by atoms with E-state index >= 15 is 0 Å². The number of alkyl halides is 3. The highest BCUT2D eigenvalue weighted by Gasteiger charge is 2.33. The molecule has 2 aromatic carbocycles. The summed E-state index contributed by atoms with van der Waals surface area (Å²) in [5.74, 6) is 1.72. The second-order valence-corrected chi connectivity index (χ2v) is 8.86. The number of nitrogens with zero attached hydrogens (tertiary/aromatic N) is 1. The van der Waals surface area contributed by atoms with Gasteiger partial charge in [0, 0.05) is 29.4 Å². The lowest BCUT2D eigenvalue weighted by molar-refractivity contribution is -0.141. The number of carbonyl (C=O) groups is 2. The highest BCUT2D eigenvalue weighted by atomic mass is 19.4. The number of terminal acetylenes is 1. The van der Waals surface area contributed by atoms with E-state index < -0.39 is 29.5 Å². The van der Waals surface area contributed by atoms with E-state index in [9.17, 15) is 22.8 Å². The van der Waals surface area contributed by atoms with Gasteiger partial charge in [-0.1, -0.05) is 18.1 Å². The molecule has 0 unspecified atom stereocenters. The van der Waals surface area contributed by atoms with E-state index in [1.54, 1.807) is 45.0 Å². The van der Waals surface area contributed by atoms with Crippen LogP contribution in [0.2, 0.25) is 0 Å². The van der Waals surface area contributed by atoms with Crippen LogP contribution in [0, 0.1) is 12.3 Å². The zero-order chi connectivity index (χ0) is 27.2. The van der Waals surface area contributed by atoms with Crippen molar-refractivity contribution in [2.45, 2.75) is 39.1 Å². The normalized spacial score (nSPS) is 11.3. The van der Waals surface area contributed by atoms with Crippen molar-refractivity contribution in [1.29, 1.82) is 0 Å². The lowest BCUT2D eigenvalue weighted by atomic mass is 10.1. The summed E-state index contributed by atoms with van der Waals surface area (Å²) in [5.41, 5.74) is -0.619. The quantitative estimate of drug-likeness (QED) is 0.388. The molecule has 192 valence electrons. The second-order valence-electron chi connectivity index (χ2n) is 8.86. The zero-order valence-electron chi connectivity index (χ0n) is 20.3. The Balaban J connectivity index is 1.79. The first kappa shape index (κ1) is 27.1. The SMILES string of the molecule is C#Cc1cccc(NC(=O)c2cccc(Oc3cc(CNC(=O)OC(C)(C)C)cc(C(F)(F)F)n3)c2)c1. The van der Waals surface area contributed by atoms with Crippen LogP contribution < -0.4 is 15.4 Å². The maximum absolute atomic E-state index is 13.4. The van der Waals surface area contributed by atoms with Gasteiger partial charge in [0.15, 0.2) is 0 Å². The maximum atomic E-state index is 13.4. The number of carbonyl (C=O) groups excluding carboxylic acids is 2. The van der Waals surface area contributed by atoms with Gasteiger partial charge in [0.2, 0.25) is 5.88 Å². The summed E-state index contributed by atoms with van der Waals surface area (Å²) in [4.78, 5) is 28.1. The number of aromatic nitrogens is 1. The maximum Gasteiger partial charge on any atom is 0.433 e. The molecule has 0 fully saturated rings.